The van der Waals surface area contributed by atoms with Crippen LogP contribution in [0.15, 0.2) is 54.1 Å². The number of rotatable bonds is 1. The highest BCUT2D eigenvalue weighted by Gasteiger charge is 2.34. The Labute approximate surface area is 113 Å². The molecule has 0 aromatic heterocycles. The van der Waals surface area contributed by atoms with Gasteiger partial charge in [0.15, 0.2) is 0 Å². The van der Waals surface area contributed by atoms with Crippen molar-refractivity contribution in [2.24, 2.45) is 5.92 Å². The van der Waals surface area contributed by atoms with Crippen LogP contribution in [0.1, 0.15) is 28.4 Å². The number of fused-ring (bicyclic) bond motifs is 2. The van der Waals surface area contributed by atoms with Crippen molar-refractivity contribution in [3.05, 3.63) is 76.4 Å². The summed E-state index contributed by atoms with van der Waals surface area (Å²) in [6.07, 6.45) is 3.90. The van der Waals surface area contributed by atoms with Crippen molar-refractivity contribution in [1.82, 2.24) is 0 Å². The number of aliphatic hydroxyl groups is 1. The lowest BCUT2D eigenvalue weighted by Gasteiger charge is -2.16. The van der Waals surface area contributed by atoms with Gasteiger partial charge in [-0.05, 0) is 35.1 Å². The molecule has 1 nitrogen and oxygen atoms in total. The first-order valence-corrected chi connectivity index (χ1v) is 6.87. The number of hydrogen-bond acceptors (Lipinski definition) is 1. The summed E-state index contributed by atoms with van der Waals surface area (Å²) >= 11 is 0. The average molecular weight is 248 g/mol. The van der Waals surface area contributed by atoms with E-state index in [4.69, 9.17) is 0 Å². The minimum atomic E-state index is -0.336. The summed E-state index contributed by atoms with van der Waals surface area (Å²) in [5.41, 5.74) is 6.51. The lowest BCUT2D eigenvalue weighted by atomic mass is 9.92. The smallest absolute Gasteiger partial charge is 0.0861 e. The molecule has 94 valence electrons. The SMILES string of the molecule is O[C@H]1c2ccccc2C[C@@H]1C1=Cc2ccccc2C1. The number of benzene rings is 2. The molecule has 0 bridgehead atoms. The lowest BCUT2D eigenvalue weighted by Crippen LogP contribution is -2.10. The molecule has 0 amide bonds. The summed E-state index contributed by atoms with van der Waals surface area (Å²) in [4.78, 5) is 0. The van der Waals surface area contributed by atoms with Crippen molar-refractivity contribution in [3.8, 4) is 0 Å². The summed E-state index contributed by atoms with van der Waals surface area (Å²) in [7, 11) is 0. The van der Waals surface area contributed by atoms with Gasteiger partial charge in [0.2, 0.25) is 0 Å². The van der Waals surface area contributed by atoms with Crippen molar-refractivity contribution in [1.29, 1.82) is 0 Å². The van der Waals surface area contributed by atoms with E-state index in [0.717, 1.165) is 18.4 Å². The van der Waals surface area contributed by atoms with E-state index in [9.17, 15) is 5.11 Å². The van der Waals surface area contributed by atoms with Gasteiger partial charge < -0.3 is 5.11 Å². The third-order valence-corrected chi connectivity index (χ3v) is 4.46. The molecule has 0 spiro atoms. The third kappa shape index (κ3) is 1.66. The van der Waals surface area contributed by atoms with Crippen molar-refractivity contribution in [2.45, 2.75) is 18.9 Å². The molecule has 0 heterocycles. The highest BCUT2D eigenvalue weighted by Crippen LogP contribution is 2.43. The predicted octanol–water partition coefficient (Wildman–Crippen LogP) is 3.53. The Kier molecular flexibility index (Phi) is 2.36. The van der Waals surface area contributed by atoms with Crippen molar-refractivity contribution in [3.63, 3.8) is 0 Å². The van der Waals surface area contributed by atoms with Crippen LogP contribution in [0.4, 0.5) is 0 Å². The molecule has 0 unspecified atom stereocenters. The highest BCUT2D eigenvalue weighted by atomic mass is 16.3. The van der Waals surface area contributed by atoms with Crippen LogP contribution in [0.25, 0.3) is 6.08 Å². The maximum absolute atomic E-state index is 10.5. The first kappa shape index (κ1) is 11.0. The molecule has 2 aliphatic carbocycles. The molecule has 0 saturated heterocycles. The second kappa shape index (κ2) is 4.07. The molecule has 0 radical (unpaired) electrons. The zero-order valence-corrected chi connectivity index (χ0v) is 10.7. The van der Waals surface area contributed by atoms with E-state index in [1.807, 2.05) is 6.07 Å². The predicted molar refractivity (Wildman–Crippen MR) is 76.7 cm³/mol. The molecule has 2 atom stereocenters. The molecule has 2 aliphatic rings. The topological polar surface area (TPSA) is 20.2 Å². The Morgan fingerprint density at radius 2 is 1.63 bits per heavy atom. The van der Waals surface area contributed by atoms with Gasteiger partial charge >= 0.3 is 0 Å². The van der Waals surface area contributed by atoms with Crippen molar-refractivity contribution >= 4 is 6.08 Å². The van der Waals surface area contributed by atoms with Gasteiger partial charge in [0.1, 0.15) is 0 Å². The van der Waals surface area contributed by atoms with Gasteiger partial charge in [-0.15, -0.1) is 0 Å². The third-order valence-electron chi connectivity index (χ3n) is 4.46. The van der Waals surface area contributed by atoms with Gasteiger partial charge in [-0.2, -0.15) is 0 Å². The van der Waals surface area contributed by atoms with Crippen LogP contribution in [0, 0.1) is 5.92 Å². The number of hydrogen-bond donors (Lipinski definition) is 1. The van der Waals surface area contributed by atoms with Gasteiger partial charge in [-0.3, -0.25) is 0 Å². The molecule has 1 N–H and O–H groups in total. The van der Waals surface area contributed by atoms with E-state index in [1.165, 1.54) is 22.3 Å². The van der Waals surface area contributed by atoms with E-state index in [1.54, 1.807) is 0 Å². The quantitative estimate of drug-likeness (QED) is 0.818. The normalized spacial score (nSPS) is 23.9. The van der Waals surface area contributed by atoms with Gasteiger partial charge in [-0.25, -0.2) is 0 Å². The monoisotopic (exact) mass is 248 g/mol. The van der Waals surface area contributed by atoms with E-state index < -0.39 is 0 Å². The van der Waals surface area contributed by atoms with Gasteiger partial charge in [0.25, 0.3) is 0 Å². The van der Waals surface area contributed by atoms with Crippen LogP contribution in [0.2, 0.25) is 0 Å². The zero-order valence-electron chi connectivity index (χ0n) is 10.7. The van der Waals surface area contributed by atoms with E-state index in [-0.39, 0.29) is 12.0 Å². The molecule has 2 aromatic carbocycles. The molecule has 19 heavy (non-hydrogen) atoms. The minimum Gasteiger partial charge on any atom is -0.388 e. The van der Waals surface area contributed by atoms with E-state index >= 15 is 0 Å². The molecule has 2 aromatic rings. The van der Waals surface area contributed by atoms with Gasteiger partial charge in [-0.1, -0.05) is 60.2 Å². The van der Waals surface area contributed by atoms with Crippen LogP contribution in [0.3, 0.4) is 0 Å². The van der Waals surface area contributed by atoms with E-state index in [0.29, 0.717) is 0 Å². The highest BCUT2D eigenvalue weighted by molar-refractivity contribution is 5.65. The number of aliphatic hydroxyl groups excluding tert-OH is 1. The zero-order chi connectivity index (χ0) is 12.8. The Morgan fingerprint density at radius 1 is 0.895 bits per heavy atom. The summed E-state index contributed by atoms with van der Waals surface area (Å²) in [5.74, 6) is 0.254. The standard InChI is InChI=1S/C18H16O/c19-18-16-8-4-3-7-14(16)11-17(18)15-9-12-5-1-2-6-13(12)10-15/h1-9,17-19H,10-11H2/t17-,18+/m1/s1. The molecule has 0 fully saturated rings. The fourth-order valence-corrected chi connectivity index (χ4v) is 3.45. The summed E-state index contributed by atoms with van der Waals surface area (Å²) < 4.78 is 0. The van der Waals surface area contributed by atoms with Crippen LogP contribution in [-0.2, 0) is 12.8 Å². The summed E-state index contributed by atoms with van der Waals surface area (Å²) in [6.45, 7) is 0. The van der Waals surface area contributed by atoms with Crippen LogP contribution in [-0.4, -0.2) is 5.11 Å². The maximum atomic E-state index is 10.5. The molecular formula is C18H16O. The van der Waals surface area contributed by atoms with Crippen molar-refractivity contribution < 1.29 is 5.11 Å². The second-order valence-electron chi connectivity index (χ2n) is 5.55. The van der Waals surface area contributed by atoms with Crippen molar-refractivity contribution in [2.75, 3.05) is 0 Å². The van der Waals surface area contributed by atoms with Crippen LogP contribution < -0.4 is 0 Å². The first-order valence-electron chi connectivity index (χ1n) is 6.87. The second-order valence-corrected chi connectivity index (χ2v) is 5.55. The Hall–Kier alpha value is -1.86. The maximum Gasteiger partial charge on any atom is 0.0861 e. The van der Waals surface area contributed by atoms with Gasteiger partial charge in [0.05, 0.1) is 6.10 Å². The van der Waals surface area contributed by atoms with E-state index in [2.05, 4.69) is 48.5 Å². The van der Waals surface area contributed by atoms with Crippen LogP contribution >= 0.6 is 0 Å². The Bertz CT molecular complexity index is 669. The average Bonchev–Trinajstić information content (AvgIpc) is 3.00. The molecule has 1 heteroatoms. The fraction of sp³-hybridized carbons (Fsp3) is 0.222. The minimum absolute atomic E-state index is 0.254. The summed E-state index contributed by atoms with van der Waals surface area (Å²) in [5, 5.41) is 10.5. The largest absolute Gasteiger partial charge is 0.388 e. The molecule has 0 aliphatic heterocycles. The van der Waals surface area contributed by atoms with Crippen LogP contribution in [0.5, 0.6) is 0 Å². The van der Waals surface area contributed by atoms with Gasteiger partial charge in [0, 0.05) is 5.92 Å². The summed E-state index contributed by atoms with van der Waals surface area (Å²) in [6, 6.07) is 16.8. The first-order chi connectivity index (χ1) is 9.33. The lowest BCUT2D eigenvalue weighted by molar-refractivity contribution is 0.140. The fourth-order valence-electron chi connectivity index (χ4n) is 3.45. The molecular weight excluding hydrogens is 232 g/mol. The molecule has 0 saturated carbocycles. The Morgan fingerprint density at radius 3 is 2.42 bits per heavy atom. The molecule has 4 rings (SSSR count). The Balaban J connectivity index is 1.68.